The minimum Gasteiger partial charge on any atom is -0.493 e. The first-order valence-electron chi connectivity index (χ1n) is 11.1. The van der Waals surface area contributed by atoms with E-state index in [1.165, 1.54) is 32.5 Å². The summed E-state index contributed by atoms with van der Waals surface area (Å²) < 4.78 is 36.9. The fourth-order valence-corrected chi connectivity index (χ4v) is 3.44. The maximum absolute atomic E-state index is 14.5. The Morgan fingerprint density at radius 3 is 2.28 bits per heavy atom. The van der Waals surface area contributed by atoms with Crippen molar-refractivity contribution in [2.75, 3.05) is 14.2 Å². The molecule has 0 aliphatic heterocycles. The zero-order valence-electron chi connectivity index (χ0n) is 19.9. The van der Waals surface area contributed by atoms with Gasteiger partial charge in [0.1, 0.15) is 12.4 Å². The van der Waals surface area contributed by atoms with E-state index in [4.69, 9.17) is 18.9 Å². The van der Waals surface area contributed by atoms with E-state index in [9.17, 15) is 9.18 Å². The van der Waals surface area contributed by atoms with Crippen LogP contribution in [-0.4, -0.2) is 25.1 Å². The Morgan fingerprint density at radius 2 is 1.64 bits per heavy atom. The van der Waals surface area contributed by atoms with Gasteiger partial charge in [0.05, 0.1) is 20.4 Å². The zero-order valence-corrected chi connectivity index (χ0v) is 19.9. The molecule has 0 bridgehead atoms. The van der Waals surface area contributed by atoms with Crippen LogP contribution < -0.4 is 24.3 Å². The van der Waals surface area contributed by atoms with Crippen LogP contribution in [0.5, 0.6) is 28.7 Å². The number of carbonyl (C=O) groups is 1. The Kier molecular flexibility index (Phi) is 7.97. The lowest BCUT2D eigenvalue weighted by Gasteiger charge is -2.16. The van der Waals surface area contributed by atoms with Gasteiger partial charge in [0.2, 0.25) is 5.75 Å². The van der Waals surface area contributed by atoms with Crippen LogP contribution in [0.25, 0.3) is 0 Å². The molecule has 3 aromatic carbocycles. The Balaban J connectivity index is 1.43. The number of nitrogens with one attached hydrogen (secondary N) is 1. The van der Waals surface area contributed by atoms with Crippen molar-refractivity contribution in [1.29, 1.82) is 0 Å². The van der Waals surface area contributed by atoms with Gasteiger partial charge in [-0.05, 0) is 47.5 Å². The van der Waals surface area contributed by atoms with Crippen molar-refractivity contribution < 1.29 is 28.1 Å². The normalized spacial score (nSPS) is 10.4. The number of aromatic nitrogens is 1. The van der Waals surface area contributed by atoms with E-state index < -0.39 is 5.82 Å². The standard InChI is InChI=1S/C28H25FN2O5/c1-33-25-14-21(15-26(34-2)27(25)35-18-19-7-4-3-5-8-19)28(32)31-16-20-10-11-24(23(29)13-20)36-22-9-6-12-30-17-22/h3-15,17H,16,18H2,1-2H3,(H,31,32). The average Bonchev–Trinajstić information content (AvgIpc) is 2.92. The lowest BCUT2D eigenvalue weighted by molar-refractivity contribution is 0.0950. The van der Waals surface area contributed by atoms with Gasteiger partial charge in [-0.2, -0.15) is 0 Å². The van der Waals surface area contributed by atoms with Gasteiger partial charge in [0.25, 0.3) is 5.91 Å². The van der Waals surface area contributed by atoms with Crippen LogP contribution in [-0.2, 0) is 13.2 Å². The predicted molar refractivity (Wildman–Crippen MR) is 132 cm³/mol. The lowest BCUT2D eigenvalue weighted by atomic mass is 10.1. The maximum Gasteiger partial charge on any atom is 0.251 e. The van der Waals surface area contributed by atoms with Crippen LogP contribution in [0.3, 0.4) is 0 Å². The highest BCUT2D eigenvalue weighted by Crippen LogP contribution is 2.39. The quantitative estimate of drug-likeness (QED) is 0.316. The van der Waals surface area contributed by atoms with Crippen LogP contribution in [0.1, 0.15) is 21.5 Å². The van der Waals surface area contributed by atoms with E-state index in [0.717, 1.165) is 5.56 Å². The summed E-state index contributed by atoms with van der Waals surface area (Å²) in [5.41, 5.74) is 1.86. The molecule has 184 valence electrons. The maximum atomic E-state index is 14.5. The van der Waals surface area contributed by atoms with Crippen molar-refractivity contribution in [3.05, 3.63) is 108 Å². The summed E-state index contributed by atoms with van der Waals surface area (Å²) in [5, 5.41) is 2.78. The third kappa shape index (κ3) is 6.09. The number of amides is 1. The van der Waals surface area contributed by atoms with E-state index in [0.29, 0.717) is 40.7 Å². The van der Waals surface area contributed by atoms with Crippen LogP contribution >= 0.6 is 0 Å². The van der Waals surface area contributed by atoms with E-state index in [2.05, 4.69) is 10.3 Å². The van der Waals surface area contributed by atoms with E-state index in [1.807, 2.05) is 30.3 Å². The molecule has 0 unspecified atom stereocenters. The molecule has 4 aromatic rings. The van der Waals surface area contributed by atoms with Gasteiger partial charge in [0.15, 0.2) is 23.1 Å². The smallest absolute Gasteiger partial charge is 0.251 e. The van der Waals surface area contributed by atoms with Gasteiger partial charge >= 0.3 is 0 Å². The molecule has 1 N–H and O–H groups in total. The second kappa shape index (κ2) is 11.7. The summed E-state index contributed by atoms with van der Waals surface area (Å²) >= 11 is 0. The molecule has 36 heavy (non-hydrogen) atoms. The molecule has 0 aliphatic carbocycles. The molecule has 0 fully saturated rings. The van der Waals surface area contributed by atoms with Crippen LogP contribution in [0.4, 0.5) is 4.39 Å². The second-order valence-electron chi connectivity index (χ2n) is 7.72. The fourth-order valence-electron chi connectivity index (χ4n) is 3.44. The Labute approximate surface area is 208 Å². The van der Waals surface area contributed by atoms with Crippen LogP contribution in [0.2, 0.25) is 0 Å². The zero-order chi connectivity index (χ0) is 25.3. The fraction of sp³-hybridized carbons (Fsp3) is 0.143. The van der Waals surface area contributed by atoms with E-state index >= 15 is 0 Å². The number of hydrogen-bond acceptors (Lipinski definition) is 6. The first-order chi connectivity index (χ1) is 17.6. The molecule has 1 aromatic heterocycles. The number of halogens is 1. The molecular weight excluding hydrogens is 463 g/mol. The predicted octanol–water partition coefficient (Wildman–Crippen LogP) is 5.54. The topological polar surface area (TPSA) is 78.9 Å². The number of nitrogens with zero attached hydrogens (tertiary/aromatic N) is 1. The first-order valence-corrected chi connectivity index (χ1v) is 11.1. The number of ether oxygens (including phenoxy) is 4. The highest BCUT2D eigenvalue weighted by Gasteiger charge is 2.18. The average molecular weight is 489 g/mol. The van der Waals surface area contributed by atoms with Crippen LogP contribution in [0.15, 0.2) is 85.2 Å². The van der Waals surface area contributed by atoms with Crippen molar-refractivity contribution in [2.45, 2.75) is 13.2 Å². The van der Waals surface area contributed by atoms with Crippen molar-refractivity contribution in [2.24, 2.45) is 0 Å². The summed E-state index contributed by atoms with van der Waals surface area (Å²) in [6.45, 7) is 0.422. The van der Waals surface area contributed by atoms with Gasteiger partial charge in [-0.3, -0.25) is 9.78 Å². The molecule has 1 heterocycles. The summed E-state index contributed by atoms with van der Waals surface area (Å²) in [6.07, 6.45) is 3.10. The van der Waals surface area contributed by atoms with E-state index in [-0.39, 0.29) is 18.2 Å². The Hall–Kier alpha value is -4.59. The third-order valence-corrected chi connectivity index (χ3v) is 5.26. The first kappa shape index (κ1) is 24.5. The number of pyridine rings is 1. The molecule has 0 spiro atoms. The molecule has 0 saturated heterocycles. The molecule has 8 heteroatoms. The van der Waals surface area contributed by atoms with Crippen LogP contribution in [0, 0.1) is 5.82 Å². The SMILES string of the molecule is COc1cc(C(=O)NCc2ccc(Oc3cccnc3)c(F)c2)cc(OC)c1OCc1ccccc1. The number of benzene rings is 3. The molecule has 4 rings (SSSR count). The summed E-state index contributed by atoms with van der Waals surface area (Å²) in [6, 6.07) is 20.7. The Bertz CT molecular complexity index is 1290. The molecule has 7 nitrogen and oxygen atoms in total. The number of carbonyl (C=O) groups excluding carboxylic acids is 1. The lowest BCUT2D eigenvalue weighted by Crippen LogP contribution is -2.23. The molecular formula is C28H25FN2O5. The highest BCUT2D eigenvalue weighted by molar-refractivity contribution is 5.95. The molecule has 0 radical (unpaired) electrons. The van der Waals surface area contributed by atoms with Crippen molar-refractivity contribution in [1.82, 2.24) is 10.3 Å². The minimum atomic E-state index is -0.547. The van der Waals surface area contributed by atoms with Gasteiger partial charge in [-0.15, -0.1) is 0 Å². The number of rotatable bonds is 10. The van der Waals surface area contributed by atoms with Crippen molar-refractivity contribution in [3.63, 3.8) is 0 Å². The van der Waals surface area contributed by atoms with Gasteiger partial charge in [0, 0.05) is 18.3 Å². The summed E-state index contributed by atoms with van der Waals surface area (Å²) in [7, 11) is 2.98. The highest BCUT2D eigenvalue weighted by atomic mass is 19.1. The summed E-state index contributed by atoms with van der Waals surface area (Å²) in [5.74, 6) is 0.685. The van der Waals surface area contributed by atoms with Gasteiger partial charge in [-0.1, -0.05) is 36.4 Å². The van der Waals surface area contributed by atoms with E-state index in [1.54, 1.807) is 36.5 Å². The molecule has 0 atom stereocenters. The Morgan fingerprint density at radius 1 is 0.889 bits per heavy atom. The largest absolute Gasteiger partial charge is 0.493 e. The van der Waals surface area contributed by atoms with Gasteiger partial charge in [-0.25, -0.2) is 4.39 Å². The van der Waals surface area contributed by atoms with Gasteiger partial charge < -0.3 is 24.3 Å². The molecule has 0 aliphatic rings. The summed E-state index contributed by atoms with van der Waals surface area (Å²) in [4.78, 5) is 16.8. The molecule has 1 amide bonds. The number of methoxy groups -OCH3 is 2. The van der Waals surface area contributed by atoms with Crippen molar-refractivity contribution in [3.8, 4) is 28.7 Å². The second-order valence-corrected chi connectivity index (χ2v) is 7.72. The monoisotopic (exact) mass is 488 g/mol. The number of hydrogen-bond donors (Lipinski definition) is 1. The third-order valence-electron chi connectivity index (χ3n) is 5.26. The molecule has 0 saturated carbocycles. The van der Waals surface area contributed by atoms with Crippen molar-refractivity contribution >= 4 is 5.91 Å². The minimum absolute atomic E-state index is 0.0682.